The van der Waals surface area contributed by atoms with E-state index in [2.05, 4.69) is 10.6 Å². The summed E-state index contributed by atoms with van der Waals surface area (Å²) in [7, 11) is 1.62. The fraction of sp³-hybridized carbons (Fsp3) is 0.188. The van der Waals surface area contributed by atoms with Crippen LogP contribution in [0.1, 0.15) is 5.56 Å². The molecule has 0 aromatic heterocycles. The molecule has 2 amide bonds. The molecule has 2 aromatic carbocycles. The van der Waals surface area contributed by atoms with Gasteiger partial charge in [-0.2, -0.15) is 0 Å². The summed E-state index contributed by atoms with van der Waals surface area (Å²) in [5, 5.41) is 5.38. The molecule has 0 saturated carbocycles. The summed E-state index contributed by atoms with van der Waals surface area (Å²) in [6, 6.07) is 13.0. The highest BCUT2D eigenvalue weighted by Gasteiger charge is 2.02. The molecule has 0 aliphatic carbocycles. The number of carbonyl (C=O) groups excluding carboxylic acids is 1. The van der Waals surface area contributed by atoms with Crippen molar-refractivity contribution in [1.29, 1.82) is 0 Å². The summed E-state index contributed by atoms with van der Waals surface area (Å²) in [5.74, 6) is 0.460. The van der Waals surface area contributed by atoms with Crippen molar-refractivity contribution in [1.82, 2.24) is 5.32 Å². The predicted molar refractivity (Wildman–Crippen MR) is 80.1 cm³/mol. The number of methoxy groups -OCH3 is 1. The second-order valence-electron chi connectivity index (χ2n) is 4.49. The Bertz CT molecular complexity index is 599. The second-order valence-corrected chi connectivity index (χ2v) is 4.49. The minimum atomic E-state index is -0.334. The van der Waals surface area contributed by atoms with Crippen LogP contribution in [-0.2, 0) is 6.42 Å². The highest BCUT2D eigenvalue weighted by Crippen LogP contribution is 2.12. The molecular weight excluding hydrogens is 271 g/mol. The summed E-state index contributed by atoms with van der Waals surface area (Å²) in [4.78, 5) is 11.7. The van der Waals surface area contributed by atoms with E-state index in [1.165, 1.54) is 24.3 Å². The van der Waals surface area contributed by atoms with Crippen LogP contribution in [0.15, 0.2) is 48.5 Å². The van der Waals surface area contributed by atoms with Crippen LogP contribution in [0.4, 0.5) is 14.9 Å². The smallest absolute Gasteiger partial charge is 0.319 e. The molecule has 0 aliphatic heterocycles. The van der Waals surface area contributed by atoms with Crippen molar-refractivity contribution < 1.29 is 13.9 Å². The molecule has 2 rings (SSSR count). The number of amides is 2. The maximum atomic E-state index is 12.7. The van der Waals surface area contributed by atoms with Crippen LogP contribution in [0.3, 0.4) is 0 Å². The van der Waals surface area contributed by atoms with Gasteiger partial charge in [0.25, 0.3) is 0 Å². The Morgan fingerprint density at radius 3 is 2.67 bits per heavy atom. The topological polar surface area (TPSA) is 50.4 Å². The van der Waals surface area contributed by atoms with Crippen molar-refractivity contribution >= 4 is 11.7 Å². The fourth-order valence-corrected chi connectivity index (χ4v) is 1.86. The molecular formula is C16H17FN2O2. The van der Waals surface area contributed by atoms with E-state index in [1.807, 2.05) is 24.3 Å². The van der Waals surface area contributed by atoms with Crippen molar-refractivity contribution in [3.8, 4) is 5.75 Å². The first-order valence-corrected chi connectivity index (χ1v) is 6.61. The highest BCUT2D eigenvalue weighted by atomic mass is 19.1. The standard InChI is InChI=1S/C16H17FN2O2/c1-21-15-4-2-3-12(11-15)9-10-18-16(20)19-14-7-5-13(17)6-8-14/h2-8,11H,9-10H2,1H3,(H2,18,19,20). The number of urea groups is 1. The Morgan fingerprint density at radius 1 is 1.19 bits per heavy atom. The molecule has 5 heteroatoms. The number of ether oxygens (including phenoxy) is 1. The van der Waals surface area contributed by atoms with E-state index >= 15 is 0 Å². The summed E-state index contributed by atoms with van der Waals surface area (Å²) >= 11 is 0. The van der Waals surface area contributed by atoms with E-state index in [-0.39, 0.29) is 11.8 Å². The lowest BCUT2D eigenvalue weighted by atomic mass is 10.1. The predicted octanol–water partition coefficient (Wildman–Crippen LogP) is 3.20. The van der Waals surface area contributed by atoms with Gasteiger partial charge in [0.2, 0.25) is 0 Å². The summed E-state index contributed by atoms with van der Waals surface area (Å²) in [6.07, 6.45) is 0.702. The number of hydrogen-bond acceptors (Lipinski definition) is 2. The van der Waals surface area contributed by atoms with Crippen LogP contribution in [0.2, 0.25) is 0 Å². The molecule has 0 radical (unpaired) electrons. The van der Waals surface area contributed by atoms with Gasteiger partial charge in [0, 0.05) is 12.2 Å². The zero-order valence-corrected chi connectivity index (χ0v) is 11.7. The normalized spacial score (nSPS) is 10.0. The van der Waals surface area contributed by atoms with Crippen LogP contribution in [0, 0.1) is 5.82 Å². The van der Waals surface area contributed by atoms with Gasteiger partial charge in [-0.15, -0.1) is 0 Å². The first kappa shape index (κ1) is 14.8. The quantitative estimate of drug-likeness (QED) is 0.887. The Balaban J connectivity index is 1.77. The maximum absolute atomic E-state index is 12.7. The zero-order valence-electron chi connectivity index (χ0n) is 11.7. The highest BCUT2D eigenvalue weighted by molar-refractivity contribution is 5.89. The van der Waals surface area contributed by atoms with Gasteiger partial charge < -0.3 is 15.4 Å². The lowest BCUT2D eigenvalue weighted by Crippen LogP contribution is -2.30. The van der Waals surface area contributed by atoms with Gasteiger partial charge in [0.1, 0.15) is 11.6 Å². The molecule has 2 N–H and O–H groups in total. The molecule has 0 unspecified atom stereocenters. The van der Waals surface area contributed by atoms with E-state index in [0.29, 0.717) is 18.7 Å². The third kappa shape index (κ3) is 4.80. The SMILES string of the molecule is COc1cccc(CCNC(=O)Nc2ccc(F)cc2)c1. The Labute approximate surface area is 122 Å². The molecule has 110 valence electrons. The molecule has 0 bridgehead atoms. The molecule has 0 heterocycles. The monoisotopic (exact) mass is 288 g/mol. The van der Waals surface area contributed by atoms with Crippen LogP contribution < -0.4 is 15.4 Å². The minimum Gasteiger partial charge on any atom is -0.497 e. The van der Waals surface area contributed by atoms with Gasteiger partial charge >= 0.3 is 6.03 Å². The van der Waals surface area contributed by atoms with Crippen LogP contribution in [0.5, 0.6) is 5.75 Å². The number of nitrogens with one attached hydrogen (secondary N) is 2. The van der Waals surface area contributed by atoms with Crippen molar-refractivity contribution in [3.63, 3.8) is 0 Å². The van der Waals surface area contributed by atoms with E-state index in [0.717, 1.165) is 11.3 Å². The van der Waals surface area contributed by atoms with Crippen molar-refractivity contribution in [2.24, 2.45) is 0 Å². The van der Waals surface area contributed by atoms with Crippen LogP contribution >= 0.6 is 0 Å². The van der Waals surface area contributed by atoms with Crippen LogP contribution in [-0.4, -0.2) is 19.7 Å². The molecule has 0 fully saturated rings. The van der Waals surface area contributed by atoms with Crippen molar-refractivity contribution in [3.05, 3.63) is 59.9 Å². The number of hydrogen-bond donors (Lipinski definition) is 2. The molecule has 0 spiro atoms. The molecule has 21 heavy (non-hydrogen) atoms. The number of anilines is 1. The fourth-order valence-electron chi connectivity index (χ4n) is 1.86. The first-order chi connectivity index (χ1) is 10.2. The number of rotatable bonds is 5. The Kier molecular flexibility index (Phi) is 5.15. The van der Waals surface area contributed by atoms with Crippen LogP contribution in [0.25, 0.3) is 0 Å². The molecule has 0 atom stereocenters. The zero-order chi connectivity index (χ0) is 15.1. The van der Waals surface area contributed by atoms with Gasteiger partial charge in [-0.3, -0.25) is 0 Å². The second kappa shape index (κ2) is 7.28. The lowest BCUT2D eigenvalue weighted by molar-refractivity contribution is 0.252. The third-order valence-electron chi connectivity index (χ3n) is 2.94. The third-order valence-corrected chi connectivity index (χ3v) is 2.94. The van der Waals surface area contributed by atoms with E-state index < -0.39 is 0 Å². The molecule has 4 nitrogen and oxygen atoms in total. The van der Waals surface area contributed by atoms with E-state index in [1.54, 1.807) is 7.11 Å². The average Bonchev–Trinajstić information content (AvgIpc) is 2.50. The summed E-state index contributed by atoms with van der Waals surface area (Å²) in [6.45, 7) is 0.500. The summed E-state index contributed by atoms with van der Waals surface area (Å²) in [5.41, 5.74) is 1.63. The summed E-state index contributed by atoms with van der Waals surface area (Å²) < 4.78 is 17.9. The van der Waals surface area contributed by atoms with Gasteiger partial charge in [-0.05, 0) is 48.4 Å². The van der Waals surface area contributed by atoms with Gasteiger partial charge in [0.05, 0.1) is 7.11 Å². The Hall–Kier alpha value is -2.56. The lowest BCUT2D eigenvalue weighted by Gasteiger charge is -2.08. The minimum absolute atomic E-state index is 0.315. The van der Waals surface area contributed by atoms with Gasteiger partial charge in [-0.25, -0.2) is 9.18 Å². The van der Waals surface area contributed by atoms with Crippen molar-refractivity contribution in [2.75, 3.05) is 19.0 Å². The molecule has 0 aliphatic rings. The largest absolute Gasteiger partial charge is 0.497 e. The molecule has 0 saturated heterocycles. The molecule has 2 aromatic rings. The van der Waals surface area contributed by atoms with E-state index in [9.17, 15) is 9.18 Å². The van der Waals surface area contributed by atoms with E-state index in [4.69, 9.17) is 4.74 Å². The van der Waals surface area contributed by atoms with Gasteiger partial charge in [-0.1, -0.05) is 12.1 Å². The Morgan fingerprint density at radius 2 is 1.95 bits per heavy atom. The maximum Gasteiger partial charge on any atom is 0.319 e. The number of halogens is 1. The number of benzene rings is 2. The average molecular weight is 288 g/mol. The van der Waals surface area contributed by atoms with Crippen molar-refractivity contribution in [2.45, 2.75) is 6.42 Å². The number of carbonyl (C=O) groups is 1. The van der Waals surface area contributed by atoms with Gasteiger partial charge in [0.15, 0.2) is 0 Å². The first-order valence-electron chi connectivity index (χ1n) is 6.61.